The van der Waals surface area contributed by atoms with Gasteiger partial charge in [-0.05, 0) is 41.5 Å². The van der Waals surface area contributed by atoms with Crippen LogP contribution >= 0.6 is 15.9 Å². The van der Waals surface area contributed by atoms with Gasteiger partial charge in [0.25, 0.3) is 0 Å². The van der Waals surface area contributed by atoms with Gasteiger partial charge in [0.15, 0.2) is 0 Å². The lowest BCUT2D eigenvalue weighted by molar-refractivity contribution is 0.588. The molecule has 0 saturated heterocycles. The van der Waals surface area contributed by atoms with Crippen LogP contribution in [0.3, 0.4) is 0 Å². The molecule has 1 aliphatic carbocycles. The summed E-state index contributed by atoms with van der Waals surface area (Å²) in [6, 6.07) is 8.89. The molecule has 0 amide bonds. The van der Waals surface area contributed by atoms with E-state index in [1.807, 2.05) is 0 Å². The van der Waals surface area contributed by atoms with Gasteiger partial charge in [-0.15, -0.1) is 0 Å². The fraction of sp³-hybridized carbons (Fsp3) is 0.500. The largest absolute Gasteiger partial charge is 0.197 e. The maximum absolute atomic E-state index is 9.23. The molecule has 2 rings (SSSR count). The van der Waals surface area contributed by atoms with Crippen LogP contribution in [0, 0.1) is 11.3 Å². The van der Waals surface area contributed by atoms with Crippen LogP contribution in [-0.4, -0.2) is 0 Å². The van der Waals surface area contributed by atoms with E-state index in [0.717, 1.165) is 17.3 Å². The molecule has 0 radical (unpaired) electrons. The zero-order chi connectivity index (χ0) is 12.0. The van der Waals surface area contributed by atoms with Gasteiger partial charge in [0, 0.05) is 4.47 Å². The quantitative estimate of drug-likeness (QED) is 0.751. The Bertz CT molecular complexity index is 459. The number of nitriles is 1. The monoisotopic (exact) mass is 277 g/mol. The van der Waals surface area contributed by atoms with Crippen molar-refractivity contribution in [2.45, 2.75) is 44.4 Å². The molecular weight excluding hydrogens is 262 g/mol. The maximum Gasteiger partial charge on any atom is 0.0824 e. The number of nitrogens with zero attached hydrogens (tertiary/aromatic N) is 1. The van der Waals surface area contributed by atoms with Crippen molar-refractivity contribution in [3.8, 4) is 6.07 Å². The van der Waals surface area contributed by atoms with E-state index in [1.54, 1.807) is 0 Å². The zero-order valence-electron chi connectivity index (χ0n) is 9.97. The topological polar surface area (TPSA) is 23.8 Å². The number of halogens is 1. The molecule has 1 aromatic rings. The third-order valence-electron chi connectivity index (χ3n) is 3.28. The normalized spacial score (nSPS) is 17.9. The van der Waals surface area contributed by atoms with E-state index < -0.39 is 0 Å². The van der Waals surface area contributed by atoms with Crippen LogP contribution in [0.1, 0.15) is 44.7 Å². The van der Waals surface area contributed by atoms with Gasteiger partial charge < -0.3 is 0 Å². The molecule has 1 aliphatic rings. The lowest BCUT2D eigenvalue weighted by Crippen LogP contribution is -2.13. The predicted molar refractivity (Wildman–Crippen MR) is 69.4 cm³/mol. The van der Waals surface area contributed by atoms with Gasteiger partial charge in [-0.25, -0.2) is 0 Å². The molecule has 0 bridgehead atoms. The summed E-state index contributed by atoms with van der Waals surface area (Å²) in [6.07, 6.45) is 2.01. The zero-order valence-corrected chi connectivity index (χ0v) is 11.6. The van der Waals surface area contributed by atoms with Crippen LogP contribution < -0.4 is 0 Å². The van der Waals surface area contributed by atoms with Crippen molar-refractivity contribution in [2.75, 3.05) is 0 Å². The van der Waals surface area contributed by atoms with Gasteiger partial charge in [0.2, 0.25) is 0 Å². The van der Waals surface area contributed by atoms with Crippen LogP contribution in [0.15, 0.2) is 22.7 Å². The smallest absolute Gasteiger partial charge is 0.0824 e. The van der Waals surface area contributed by atoms with E-state index in [-0.39, 0.29) is 10.8 Å². The fourth-order valence-electron chi connectivity index (χ4n) is 1.89. The van der Waals surface area contributed by atoms with Crippen molar-refractivity contribution < 1.29 is 0 Å². The second-order valence-corrected chi connectivity index (χ2v) is 6.59. The predicted octanol–water partition coefficient (Wildman–Crippen LogP) is 4.30. The Morgan fingerprint density at radius 1 is 1.25 bits per heavy atom. The average molecular weight is 278 g/mol. The Labute approximate surface area is 106 Å². The van der Waals surface area contributed by atoms with Crippen molar-refractivity contribution >= 4 is 15.9 Å². The highest BCUT2D eigenvalue weighted by molar-refractivity contribution is 9.10. The summed E-state index contributed by atoms with van der Waals surface area (Å²) in [6.45, 7) is 6.60. The molecule has 84 valence electrons. The number of benzene rings is 1. The van der Waals surface area contributed by atoms with Crippen LogP contribution in [0.4, 0.5) is 0 Å². The van der Waals surface area contributed by atoms with E-state index in [0.29, 0.717) is 0 Å². The lowest BCUT2D eigenvalue weighted by atomic mass is 9.84. The molecule has 2 heteroatoms. The van der Waals surface area contributed by atoms with Gasteiger partial charge in [-0.3, -0.25) is 0 Å². The second-order valence-electron chi connectivity index (χ2n) is 5.67. The van der Waals surface area contributed by atoms with Gasteiger partial charge >= 0.3 is 0 Å². The van der Waals surface area contributed by atoms with Crippen molar-refractivity contribution in [2.24, 2.45) is 0 Å². The summed E-state index contributed by atoms with van der Waals surface area (Å²) < 4.78 is 1.08. The highest BCUT2D eigenvalue weighted by Crippen LogP contribution is 2.48. The minimum atomic E-state index is -0.191. The van der Waals surface area contributed by atoms with Crippen molar-refractivity contribution in [3.63, 3.8) is 0 Å². The molecule has 0 aliphatic heterocycles. The standard InChI is InChI=1S/C14H16BrN/c1-13(2,3)10-6-11(8-12(15)7-10)14(9-16)4-5-14/h6-8H,4-5H2,1-3H3. The third-order valence-corrected chi connectivity index (χ3v) is 3.74. The summed E-state index contributed by atoms with van der Waals surface area (Å²) in [7, 11) is 0. The first-order valence-electron chi connectivity index (χ1n) is 5.60. The summed E-state index contributed by atoms with van der Waals surface area (Å²) in [5.74, 6) is 0. The van der Waals surface area contributed by atoms with Crippen LogP contribution in [0.2, 0.25) is 0 Å². The van der Waals surface area contributed by atoms with Crippen LogP contribution in [0.25, 0.3) is 0 Å². The molecule has 0 unspecified atom stereocenters. The molecule has 0 atom stereocenters. The van der Waals surface area contributed by atoms with Crippen molar-refractivity contribution in [3.05, 3.63) is 33.8 Å². The fourth-order valence-corrected chi connectivity index (χ4v) is 2.38. The number of rotatable bonds is 1. The summed E-state index contributed by atoms with van der Waals surface area (Å²) in [5, 5.41) is 9.23. The highest BCUT2D eigenvalue weighted by atomic mass is 79.9. The third kappa shape index (κ3) is 2.01. The first-order valence-corrected chi connectivity index (χ1v) is 6.39. The first kappa shape index (κ1) is 11.7. The lowest BCUT2D eigenvalue weighted by Gasteiger charge is -2.21. The summed E-state index contributed by atoms with van der Waals surface area (Å²) in [4.78, 5) is 0. The Kier molecular flexibility index (Phi) is 2.62. The summed E-state index contributed by atoms with van der Waals surface area (Å²) in [5.41, 5.74) is 2.40. The molecule has 16 heavy (non-hydrogen) atoms. The maximum atomic E-state index is 9.23. The molecule has 0 spiro atoms. The molecule has 0 N–H and O–H groups in total. The van der Waals surface area contributed by atoms with Gasteiger partial charge in [-0.1, -0.05) is 42.8 Å². The Balaban J connectivity index is 2.50. The minimum Gasteiger partial charge on any atom is -0.197 e. The average Bonchev–Trinajstić information content (AvgIpc) is 2.96. The van der Waals surface area contributed by atoms with E-state index in [4.69, 9.17) is 0 Å². The number of hydrogen-bond acceptors (Lipinski definition) is 1. The molecule has 1 aromatic carbocycles. The molecular formula is C14H16BrN. The molecule has 1 fully saturated rings. The highest BCUT2D eigenvalue weighted by Gasteiger charge is 2.45. The second kappa shape index (κ2) is 3.60. The van der Waals surface area contributed by atoms with Gasteiger partial charge in [-0.2, -0.15) is 5.26 Å². The molecule has 0 heterocycles. The van der Waals surface area contributed by atoms with E-state index in [2.05, 4.69) is 61.0 Å². The van der Waals surface area contributed by atoms with Crippen LogP contribution in [0.5, 0.6) is 0 Å². The van der Waals surface area contributed by atoms with Gasteiger partial charge in [0.05, 0.1) is 11.5 Å². The Morgan fingerprint density at radius 3 is 2.31 bits per heavy atom. The summed E-state index contributed by atoms with van der Waals surface area (Å²) >= 11 is 3.55. The van der Waals surface area contributed by atoms with Crippen molar-refractivity contribution in [1.82, 2.24) is 0 Å². The molecule has 1 nitrogen and oxygen atoms in total. The Morgan fingerprint density at radius 2 is 1.88 bits per heavy atom. The molecule has 1 saturated carbocycles. The number of hydrogen-bond donors (Lipinski definition) is 0. The van der Waals surface area contributed by atoms with Crippen LogP contribution in [-0.2, 0) is 10.8 Å². The Hall–Kier alpha value is -0.810. The first-order chi connectivity index (χ1) is 7.37. The van der Waals surface area contributed by atoms with Crippen molar-refractivity contribution in [1.29, 1.82) is 5.26 Å². The van der Waals surface area contributed by atoms with E-state index in [1.165, 1.54) is 11.1 Å². The minimum absolute atomic E-state index is 0.129. The van der Waals surface area contributed by atoms with E-state index in [9.17, 15) is 5.26 Å². The van der Waals surface area contributed by atoms with Gasteiger partial charge in [0.1, 0.15) is 0 Å². The SMILES string of the molecule is CC(C)(C)c1cc(Br)cc(C2(C#N)CC2)c1. The molecule has 0 aromatic heterocycles. The van der Waals surface area contributed by atoms with E-state index >= 15 is 0 Å².